The van der Waals surface area contributed by atoms with E-state index in [4.69, 9.17) is 0 Å². The highest BCUT2D eigenvalue weighted by atomic mass is 16.3. The SMILES string of the molecule is CC(C)c1cccc(-c2c(C#N)cc(O)c(O)c2C#N)c1. The van der Waals surface area contributed by atoms with Crippen molar-refractivity contribution in [1.29, 1.82) is 10.5 Å². The van der Waals surface area contributed by atoms with Crippen LogP contribution in [0.4, 0.5) is 0 Å². The minimum atomic E-state index is -0.499. The van der Waals surface area contributed by atoms with Gasteiger partial charge in [-0.25, -0.2) is 0 Å². The molecule has 0 fully saturated rings. The van der Waals surface area contributed by atoms with Crippen molar-refractivity contribution < 1.29 is 10.2 Å². The third kappa shape index (κ3) is 2.52. The third-order valence-electron chi connectivity index (χ3n) is 3.35. The number of hydrogen-bond donors (Lipinski definition) is 2. The summed E-state index contributed by atoms with van der Waals surface area (Å²) < 4.78 is 0. The van der Waals surface area contributed by atoms with Crippen LogP contribution in [0.25, 0.3) is 11.1 Å². The third-order valence-corrected chi connectivity index (χ3v) is 3.35. The quantitative estimate of drug-likeness (QED) is 0.821. The van der Waals surface area contributed by atoms with Crippen LogP contribution in [0, 0.1) is 22.7 Å². The first-order chi connectivity index (χ1) is 9.99. The molecule has 0 saturated heterocycles. The Morgan fingerprint density at radius 2 is 1.76 bits per heavy atom. The van der Waals surface area contributed by atoms with Gasteiger partial charge in [-0.15, -0.1) is 0 Å². The van der Waals surface area contributed by atoms with Gasteiger partial charge in [-0.1, -0.05) is 38.1 Å². The van der Waals surface area contributed by atoms with Crippen LogP contribution < -0.4 is 0 Å². The summed E-state index contributed by atoms with van der Waals surface area (Å²) in [6, 6.07) is 12.5. The molecule has 0 aliphatic rings. The summed E-state index contributed by atoms with van der Waals surface area (Å²) in [4.78, 5) is 0. The monoisotopic (exact) mass is 278 g/mol. The Morgan fingerprint density at radius 3 is 2.33 bits per heavy atom. The van der Waals surface area contributed by atoms with E-state index < -0.39 is 11.5 Å². The number of phenols is 2. The van der Waals surface area contributed by atoms with Crippen molar-refractivity contribution in [1.82, 2.24) is 0 Å². The van der Waals surface area contributed by atoms with Gasteiger partial charge in [-0.05, 0) is 17.0 Å². The highest BCUT2D eigenvalue weighted by Crippen LogP contribution is 2.39. The molecule has 0 radical (unpaired) electrons. The highest BCUT2D eigenvalue weighted by Gasteiger charge is 2.19. The Hall–Kier alpha value is -2.98. The molecule has 2 aromatic rings. The number of aromatic hydroxyl groups is 2. The predicted molar refractivity (Wildman–Crippen MR) is 78.7 cm³/mol. The van der Waals surface area contributed by atoms with E-state index in [2.05, 4.69) is 0 Å². The van der Waals surface area contributed by atoms with Crippen LogP contribution in [0.1, 0.15) is 36.5 Å². The molecule has 0 bridgehead atoms. The number of benzene rings is 2. The molecule has 2 rings (SSSR count). The van der Waals surface area contributed by atoms with Crippen LogP contribution >= 0.6 is 0 Å². The summed E-state index contributed by atoms with van der Waals surface area (Å²) in [5.41, 5.74) is 2.14. The van der Waals surface area contributed by atoms with Crippen molar-refractivity contribution in [2.75, 3.05) is 0 Å². The van der Waals surface area contributed by atoms with Crippen molar-refractivity contribution >= 4 is 0 Å². The number of rotatable bonds is 2. The molecule has 21 heavy (non-hydrogen) atoms. The largest absolute Gasteiger partial charge is 0.504 e. The molecule has 0 atom stereocenters. The number of nitriles is 2. The van der Waals surface area contributed by atoms with Crippen LogP contribution in [0.15, 0.2) is 30.3 Å². The second kappa shape index (κ2) is 5.56. The van der Waals surface area contributed by atoms with E-state index in [1.165, 1.54) is 6.07 Å². The standard InChI is InChI=1S/C17H14N2O2/c1-10(2)11-4-3-5-12(6-11)16-13(8-18)7-15(20)17(21)14(16)9-19/h3-7,10,20-21H,1-2H3. The van der Waals surface area contributed by atoms with E-state index in [1.807, 2.05) is 44.2 Å². The van der Waals surface area contributed by atoms with Crippen LogP contribution in [-0.2, 0) is 0 Å². The van der Waals surface area contributed by atoms with Crippen LogP contribution in [0.2, 0.25) is 0 Å². The Bertz CT molecular complexity index is 781. The summed E-state index contributed by atoms with van der Waals surface area (Å²) in [5.74, 6) is -0.667. The molecule has 0 heterocycles. The van der Waals surface area contributed by atoms with Gasteiger partial charge in [0.05, 0.1) is 11.6 Å². The molecule has 0 aliphatic heterocycles. The highest BCUT2D eigenvalue weighted by molar-refractivity contribution is 5.81. The summed E-state index contributed by atoms with van der Waals surface area (Å²) in [7, 11) is 0. The zero-order valence-electron chi connectivity index (χ0n) is 11.8. The van der Waals surface area contributed by atoms with E-state index in [9.17, 15) is 20.7 Å². The molecule has 2 N–H and O–H groups in total. The van der Waals surface area contributed by atoms with Gasteiger partial charge in [-0.3, -0.25) is 0 Å². The fourth-order valence-corrected chi connectivity index (χ4v) is 2.21. The molecule has 0 aromatic heterocycles. The first-order valence-corrected chi connectivity index (χ1v) is 6.49. The molecule has 0 saturated carbocycles. The van der Waals surface area contributed by atoms with E-state index in [-0.39, 0.29) is 11.1 Å². The average Bonchev–Trinajstić information content (AvgIpc) is 2.49. The number of hydrogen-bond acceptors (Lipinski definition) is 4. The molecule has 0 aliphatic carbocycles. The van der Waals surface area contributed by atoms with E-state index in [0.717, 1.165) is 5.56 Å². The van der Waals surface area contributed by atoms with Gasteiger partial charge in [-0.2, -0.15) is 10.5 Å². The second-order valence-corrected chi connectivity index (χ2v) is 5.05. The van der Waals surface area contributed by atoms with Gasteiger partial charge >= 0.3 is 0 Å². The lowest BCUT2D eigenvalue weighted by molar-refractivity contribution is 0.402. The fraction of sp³-hybridized carbons (Fsp3) is 0.176. The van der Waals surface area contributed by atoms with Crippen LogP contribution in [0.5, 0.6) is 11.5 Å². The summed E-state index contributed by atoms with van der Waals surface area (Å²) in [6.45, 7) is 4.09. The lowest BCUT2D eigenvalue weighted by atomic mass is 9.91. The van der Waals surface area contributed by atoms with E-state index in [1.54, 1.807) is 6.07 Å². The molecule has 4 nitrogen and oxygen atoms in total. The van der Waals surface area contributed by atoms with Gasteiger partial charge < -0.3 is 10.2 Å². The van der Waals surface area contributed by atoms with Crippen molar-refractivity contribution in [2.45, 2.75) is 19.8 Å². The van der Waals surface area contributed by atoms with Crippen LogP contribution in [0.3, 0.4) is 0 Å². The van der Waals surface area contributed by atoms with Crippen molar-refractivity contribution in [3.05, 3.63) is 47.0 Å². The first-order valence-electron chi connectivity index (χ1n) is 6.49. The molecule has 2 aromatic carbocycles. The van der Waals surface area contributed by atoms with Gasteiger partial charge in [0.1, 0.15) is 11.6 Å². The van der Waals surface area contributed by atoms with Gasteiger partial charge in [0, 0.05) is 11.6 Å². The zero-order valence-corrected chi connectivity index (χ0v) is 11.8. The molecule has 4 heteroatoms. The van der Waals surface area contributed by atoms with E-state index >= 15 is 0 Å². The summed E-state index contributed by atoms with van der Waals surface area (Å²) >= 11 is 0. The molecular weight excluding hydrogens is 264 g/mol. The second-order valence-electron chi connectivity index (χ2n) is 5.05. The zero-order chi connectivity index (χ0) is 15.6. The van der Waals surface area contributed by atoms with Gasteiger partial charge in [0.2, 0.25) is 0 Å². The molecule has 0 amide bonds. The maximum atomic E-state index is 9.86. The average molecular weight is 278 g/mol. The Kier molecular flexibility index (Phi) is 3.82. The fourth-order valence-electron chi connectivity index (χ4n) is 2.21. The van der Waals surface area contributed by atoms with Gasteiger partial charge in [0.15, 0.2) is 11.5 Å². The van der Waals surface area contributed by atoms with Gasteiger partial charge in [0.25, 0.3) is 0 Å². The molecule has 0 unspecified atom stereocenters. The molecule has 104 valence electrons. The maximum absolute atomic E-state index is 9.86. The minimum Gasteiger partial charge on any atom is -0.504 e. The Labute approximate surface area is 123 Å². The summed E-state index contributed by atoms with van der Waals surface area (Å²) in [5, 5.41) is 38.0. The van der Waals surface area contributed by atoms with Crippen LogP contribution in [-0.4, -0.2) is 10.2 Å². The maximum Gasteiger partial charge on any atom is 0.176 e. The van der Waals surface area contributed by atoms with E-state index in [0.29, 0.717) is 17.0 Å². The molecule has 0 spiro atoms. The van der Waals surface area contributed by atoms with Crippen molar-refractivity contribution in [3.8, 4) is 34.8 Å². The summed E-state index contributed by atoms with van der Waals surface area (Å²) in [6.07, 6.45) is 0. The van der Waals surface area contributed by atoms with Crippen molar-refractivity contribution in [2.24, 2.45) is 0 Å². The Balaban J connectivity index is 2.81. The lowest BCUT2D eigenvalue weighted by Crippen LogP contribution is -1.94. The predicted octanol–water partition coefficient (Wildman–Crippen LogP) is 3.63. The normalized spacial score (nSPS) is 10.1. The first kappa shape index (κ1) is 14.4. The lowest BCUT2D eigenvalue weighted by Gasteiger charge is -2.12. The van der Waals surface area contributed by atoms with Crippen molar-refractivity contribution in [3.63, 3.8) is 0 Å². The smallest absolute Gasteiger partial charge is 0.176 e. The molecular formula is C17H14N2O2. The number of nitrogens with zero attached hydrogens (tertiary/aromatic N) is 2. The topological polar surface area (TPSA) is 88.0 Å². The minimum absolute atomic E-state index is 0.0903. The number of phenolic OH excluding ortho intramolecular Hbond substituents is 2. The Morgan fingerprint density at radius 1 is 1.05 bits per heavy atom.